The molecule has 3 aliphatic rings. The number of carbonyl (C=O) groups excluding carboxylic acids is 4. The second kappa shape index (κ2) is 10.7. The molecule has 0 unspecified atom stereocenters. The first-order valence-corrected chi connectivity index (χ1v) is 12.9. The highest BCUT2D eigenvalue weighted by Crippen LogP contribution is 2.29. The van der Waals surface area contributed by atoms with Crippen molar-refractivity contribution in [1.82, 2.24) is 20.4 Å². The zero-order valence-corrected chi connectivity index (χ0v) is 20.5. The van der Waals surface area contributed by atoms with Crippen LogP contribution in [0.4, 0.5) is 0 Å². The minimum Gasteiger partial charge on any atom is -0.351 e. The van der Waals surface area contributed by atoms with Gasteiger partial charge in [0, 0.05) is 59.6 Å². The summed E-state index contributed by atoms with van der Waals surface area (Å²) < 4.78 is 0. The molecule has 2 fully saturated rings. The molecule has 2 amide bonds. The van der Waals surface area contributed by atoms with Gasteiger partial charge >= 0.3 is 0 Å². The normalized spacial score (nSPS) is 17.7. The number of nitrogens with one attached hydrogen (secondary N) is 2. The van der Waals surface area contributed by atoms with Crippen molar-refractivity contribution in [3.63, 3.8) is 0 Å². The Hall–Kier alpha value is -3.36. The largest absolute Gasteiger partial charge is 0.351 e. The van der Waals surface area contributed by atoms with Gasteiger partial charge in [0.25, 0.3) is 11.8 Å². The van der Waals surface area contributed by atoms with Crippen molar-refractivity contribution in [2.45, 2.75) is 25.7 Å². The van der Waals surface area contributed by atoms with Gasteiger partial charge in [0.1, 0.15) is 0 Å². The van der Waals surface area contributed by atoms with Crippen LogP contribution in [0.15, 0.2) is 36.4 Å². The molecule has 0 spiro atoms. The van der Waals surface area contributed by atoms with Gasteiger partial charge in [-0.1, -0.05) is 0 Å². The van der Waals surface area contributed by atoms with Gasteiger partial charge in [-0.25, -0.2) is 0 Å². The molecule has 188 valence electrons. The first-order chi connectivity index (χ1) is 17.5. The second-order valence-corrected chi connectivity index (χ2v) is 9.79. The summed E-state index contributed by atoms with van der Waals surface area (Å²) in [6.07, 6.45) is 4.78. The molecule has 0 atom stereocenters. The van der Waals surface area contributed by atoms with Crippen LogP contribution in [0.1, 0.15) is 78.2 Å². The van der Waals surface area contributed by atoms with Gasteiger partial charge in [-0.15, -0.1) is 0 Å². The van der Waals surface area contributed by atoms with Crippen molar-refractivity contribution >= 4 is 23.4 Å². The van der Waals surface area contributed by atoms with Gasteiger partial charge in [0.05, 0.1) is 0 Å². The van der Waals surface area contributed by atoms with Crippen LogP contribution in [0, 0.1) is 0 Å². The van der Waals surface area contributed by atoms with Crippen LogP contribution < -0.4 is 10.6 Å². The summed E-state index contributed by atoms with van der Waals surface area (Å²) in [5.41, 5.74) is 1.67. The summed E-state index contributed by atoms with van der Waals surface area (Å²) >= 11 is 0. The number of hydrogen-bond acceptors (Lipinski definition) is 6. The average molecular weight is 489 g/mol. The standard InChI is InChI=1S/C28H32N4O4/c33-25-22-8-6-20(28(36)30-10-16-32-13-3-4-14-32)18-24(22)26(34)21-7-5-19(17-23(21)25)27(35)29-9-15-31-11-1-2-12-31/h5-8,17-18H,1-4,9-16H2,(H,29,35)(H,30,36). The molecule has 2 aliphatic heterocycles. The molecule has 0 radical (unpaired) electrons. The lowest BCUT2D eigenvalue weighted by molar-refractivity contribution is 0.0938. The van der Waals surface area contributed by atoms with E-state index < -0.39 is 0 Å². The summed E-state index contributed by atoms with van der Waals surface area (Å²) in [5.74, 6) is -1.15. The van der Waals surface area contributed by atoms with Gasteiger partial charge in [-0.3, -0.25) is 19.2 Å². The summed E-state index contributed by atoms with van der Waals surface area (Å²) in [5, 5.41) is 5.82. The molecule has 36 heavy (non-hydrogen) atoms. The number of likely N-dealkylation sites (tertiary alicyclic amines) is 2. The Bertz CT molecular complexity index is 1100. The molecular weight excluding hydrogens is 456 g/mol. The molecule has 2 N–H and O–H groups in total. The number of hydrogen-bond donors (Lipinski definition) is 2. The molecule has 1 aliphatic carbocycles. The van der Waals surface area contributed by atoms with Crippen molar-refractivity contribution in [2.75, 3.05) is 52.4 Å². The zero-order valence-electron chi connectivity index (χ0n) is 20.5. The maximum atomic E-state index is 13.2. The number of carbonyl (C=O) groups is 4. The number of fused-ring (bicyclic) bond motifs is 2. The van der Waals surface area contributed by atoms with E-state index >= 15 is 0 Å². The number of amides is 2. The summed E-state index contributed by atoms with van der Waals surface area (Å²) in [4.78, 5) is 56.4. The van der Waals surface area contributed by atoms with Crippen molar-refractivity contribution in [3.05, 3.63) is 69.8 Å². The molecule has 0 bridgehead atoms. The quantitative estimate of drug-likeness (QED) is 0.504. The fraction of sp³-hybridized carbons (Fsp3) is 0.429. The topological polar surface area (TPSA) is 98.8 Å². The third-order valence-corrected chi connectivity index (χ3v) is 7.37. The molecule has 2 heterocycles. The van der Waals surface area contributed by atoms with Gasteiger partial charge in [-0.05, 0) is 88.3 Å². The monoisotopic (exact) mass is 488 g/mol. The Morgan fingerprint density at radius 1 is 0.611 bits per heavy atom. The van der Waals surface area contributed by atoms with Crippen molar-refractivity contribution < 1.29 is 19.2 Å². The summed E-state index contributed by atoms with van der Waals surface area (Å²) in [6, 6.07) is 9.24. The average Bonchev–Trinajstić information content (AvgIpc) is 3.61. The minimum absolute atomic E-state index is 0.225. The Balaban J connectivity index is 1.25. The Morgan fingerprint density at radius 2 is 1.00 bits per heavy atom. The van der Waals surface area contributed by atoms with E-state index in [1.165, 1.54) is 49.9 Å². The van der Waals surface area contributed by atoms with Crippen LogP contribution in [0.5, 0.6) is 0 Å². The van der Waals surface area contributed by atoms with Crippen LogP contribution in [-0.2, 0) is 0 Å². The van der Waals surface area contributed by atoms with Crippen molar-refractivity contribution in [2.24, 2.45) is 0 Å². The third-order valence-electron chi connectivity index (χ3n) is 7.37. The van der Waals surface area contributed by atoms with Gasteiger partial charge < -0.3 is 20.4 Å². The smallest absolute Gasteiger partial charge is 0.251 e. The molecule has 0 aromatic heterocycles. The Labute approximate surface area is 211 Å². The SMILES string of the molecule is O=C(NCCN1CCCC1)c1ccc2c(c1)C(=O)c1ccc(C(=O)NCCN3CCCC3)cc1C2=O. The van der Waals surface area contributed by atoms with Gasteiger partial charge in [-0.2, -0.15) is 0 Å². The van der Waals surface area contributed by atoms with E-state index in [0.29, 0.717) is 24.2 Å². The second-order valence-electron chi connectivity index (χ2n) is 9.79. The lowest BCUT2D eigenvalue weighted by Crippen LogP contribution is -2.34. The lowest BCUT2D eigenvalue weighted by atomic mass is 9.82. The van der Waals surface area contributed by atoms with Crippen LogP contribution in [0.2, 0.25) is 0 Å². The Morgan fingerprint density at radius 3 is 1.39 bits per heavy atom. The highest BCUT2D eigenvalue weighted by Gasteiger charge is 2.31. The minimum atomic E-state index is -0.313. The van der Waals surface area contributed by atoms with E-state index in [9.17, 15) is 19.2 Å². The van der Waals surface area contributed by atoms with Crippen molar-refractivity contribution in [3.8, 4) is 0 Å². The van der Waals surface area contributed by atoms with Crippen LogP contribution >= 0.6 is 0 Å². The van der Waals surface area contributed by atoms with Crippen LogP contribution in [-0.4, -0.2) is 85.5 Å². The predicted octanol–water partition coefficient (Wildman–Crippen LogP) is 2.11. The zero-order chi connectivity index (χ0) is 25.1. The van der Waals surface area contributed by atoms with Gasteiger partial charge in [0.15, 0.2) is 11.6 Å². The first kappa shape index (κ1) is 24.3. The van der Waals surface area contributed by atoms with E-state index in [4.69, 9.17) is 0 Å². The van der Waals surface area contributed by atoms with Gasteiger partial charge in [0.2, 0.25) is 0 Å². The highest BCUT2D eigenvalue weighted by atomic mass is 16.2. The maximum absolute atomic E-state index is 13.2. The van der Waals surface area contributed by atoms with E-state index in [-0.39, 0.29) is 45.6 Å². The number of ketones is 2. The molecule has 0 saturated carbocycles. The number of rotatable bonds is 8. The summed E-state index contributed by atoms with van der Waals surface area (Å²) in [7, 11) is 0. The molecule has 2 saturated heterocycles. The predicted molar refractivity (Wildman–Crippen MR) is 136 cm³/mol. The highest BCUT2D eigenvalue weighted by molar-refractivity contribution is 6.29. The van der Waals surface area contributed by atoms with Crippen molar-refractivity contribution in [1.29, 1.82) is 0 Å². The van der Waals surface area contributed by atoms with Crippen LogP contribution in [0.25, 0.3) is 0 Å². The lowest BCUT2D eigenvalue weighted by Gasteiger charge is -2.19. The fourth-order valence-corrected chi connectivity index (χ4v) is 5.30. The number of nitrogens with zero attached hydrogens (tertiary/aromatic N) is 2. The summed E-state index contributed by atoms with van der Waals surface area (Å²) in [6.45, 7) is 6.92. The first-order valence-electron chi connectivity index (χ1n) is 12.9. The van der Waals surface area contributed by atoms with E-state index in [0.717, 1.165) is 39.3 Å². The van der Waals surface area contributed by atoms with Crippen LogP contribution in [0.3, 0.4) is 0 Å². The molecular formula is C28H32N4O4. The molecule has 2 aromatic carbocycles. The van der Waals surface area contributed by atoms with E-state index in [1.807, 2.05) is 0 Å². The molecule has 5 rings (SSSR count). The Kier molecular flexibility index (Phi) is 7.25. The molecule has 8 heteroatoms. The molecule has 8 nitrogen and oxygen atoms in total. The number of benzene rings is 2. The maximum Gasteiger partial charge on any atom is 0.251 e. The third kappa shape index (κ3) is 5.10. The van der Waals surface area contributed by atoms with E-state index in [1.54, 1.807) is 12.1 Å². The van der Waals surface area contributed by atoms with E-state index in [2.05, 4.69) is 20.4 Å². The fourth-order valence-electron chi connectivity index (χ4n) is 5.30. The molecule has 2 aromatic rings.